The number of hydrogen-bond acceptors (Lipinski definition) is 3. The van der Waals surface area contributed by atoms with Crippen LogP contribution in [0.1, 0.15) is 11.6 Å². The van der Waals surface area contributed by atoms with E-state index in [1.165, 1.54) is 14.2 Å². The van der Waals surface area contributed by atoms with Crippen molar-refractivity contribution in [3.8, 4) is 11.5 Å². The summed E-state index contributed by atoms with van der Waals surface area (Å²) in [7, 11) is 2.43. The number of alkyl halides is 5. The van der Waals surface area contributed by atoms with Gasteiger partial charge in [0.1, 0.15) is 6.04 Å². The second kappa shape index (κ2) is 5.61. The van der Waals surface area contributed by atoms with Crippen molar-refractivity contribution in [1.82, 2.24) is 0 Å². The van der Waals surface area contributed by atoms with E-state index in [1.54, 1.807) is 0 Å². The second-order valence-corrected chi connectivity index (χ2v) is 4.18. The third-order valence-corrected chi connectivity index (χ3v) is 3.01. The van der Waals surface area contributed by atoms with Crippen LogP contribution in [0.15, 0.2) is 12.1 Å². The lowest BCUT2D eigenvalue weighted by molar-refractivity contribution is -0.290. The first kappa shape index (κ1) is 16.8. The topological polar surface area (TPSA) is 44.5 Å². The normalized spacial score (nSPS) is 14.1. The zero-order chi connectivity index (χ0) is 15.7. The Hall–Kier alpha value is -1.28. The minimum atomic E-state index is -5.79. The van der Waals surface area contributed by atoms with Crippen LogP contribution in [0, 0.1) is 0 Å². The Morgan fingerprint density at radius 1 is 1.10 bits per heavy atom. The first-order valence-corrected chi connectivity index (χ1v) is 5.56. The van der Waals surface area contributed by atoms with Gasteiger partial charge in [-0.15, -0.1) is 0 Å². The number of nitrogens with two attached hydrogens (primary N) is 1. The van der Waals surface area contributed by atoms with Crippen LogP contribution in [0.2, 0.25) is 5.02 Å². The lowest BCUT2D eigenvalue weighted by atomic mass is 10.00. The van der Waals surface area contributed by atoms with E-state index in [4.69, 9.17) is 26.8 Å². The van der Waals surface area contributed by atoms with Crippen molar-refractivity contribution in [3.05, 3.63) is 22.7 Å². The number of hydrogen-bond donors (Lipinski definition) is 1. The fourth-order valence-electron chi connectivity index (χ4n) is 1.52. The van der Waals surface area contributed by atoms with Crippen LogP contribution in [0.25, 0.3) is 0 Å². The van der Waals surface area contributed by atoms with Gasteiger partial charge in [0.05, 0.1) is 19.2 Å². The maximum absolute atomic E-state index is 13.2. The summed E-state index contributed by atoms with van der Waals surface area (Å²) in [6.45, 7) is 0. The average molecular weight is 320 g/mol. The van der Waals surface area contributed by atoms with Crippen LogP contribution < -0.4 is 15.2 Å². The molecule has 0 heterocycles. The van der Waals surface area contributed by atoms with E-state index in [0.717, 1.165) is 12.1 Å². The van der Waals surface area contributed by atoms with E-state index in [2.05, 4.69) is 0 Å². The van der Waals surface area contributed by atoms with Crippen LogP contribution in [-0.2, 0) is 0 Å². The molecule has 0 aromatic heterocycles. The molecular weight excluding hydrogens is 309 g/mol. The molecule has 2 N–H and O–H groups in total. The molecule has 9 heteroatoms. The van der Waals surface area contributed by atoms with Crippen molar-refractivity contribution in [2.24, 2.45) is 5.73 Å². The van der Waals surface area contributed by atoms with E-state index in [1.807, 2.05) is 0 Å². The van der Waals surface area contributed by atoms with Gasteiger partial charge in [0, 0.05) is 0 Å². The van der Waals surface area contributed by atoms with E-state index in [0.29, 0.717) is 0 Å². The summed E-state index contributed by atoms with van der Waals surface area (Å²) in [5, 5.41) is -0.455. The molecule has 0 fully saturated rings. The highest BCUT2D eigenvalue weighted by atomic mass is 35.5. The summed E-state index contributed by atoms with van der Waals surface area (Å²) in [6, 6.07) is -0.574. The molecule has 1 aromatic rings. The first-order chi connectivity index (χ1) is 9.07. The molecule has 1 rings (SSSR count). The molecule has 0 spiro atoms. The molecule has 0 aliphatic heterocycles. The van der Waals surface area contributed by atoms with Crippen molar-refractivity contribution < 1.29 is 31.4 Å². The minimum absolute atomic E-state index is 0.0868. The average Bonchev–Trinajstić information content (AvgIpc) is 2.35. The molecule has 0 unspecified atom stereocenters. The smallest absolute Gasteiger partial charge is 0.455 e. The molecule has 1 aromatic carbocycles. The van der Waals surface area contributed by atoms with Gasteiger partial charge in [0.2, 0.25) is 0 Å². The lowest BCUT2D eigenvalue weighted by Crippen LogP contribution is -2.46. The Kier molecular flexibility index (Phi) is 4.70. The van der Waals surface area contributed by atoms with Crippen molar-refractivity contribution in [3.63, 3.8) is 0 Å². The van der Waals surface area contributed by atoms with Gasteiger partial charge in [-0.1, -0.05) is 17.7 Å². The molecule has 0 saturated carbocycles. The number of methoxy groups -OCH3 is 2. The van der Waals surface area contributed by atoms with Gasteiger partial charge in [-0.3, -0.25) is 0 Å². The minimum Gasteiger partial charge on any atom is -0.493 e. The third-order valence-electron chi connectivity index (χ3n) is 2.62. The monoisotopic (exact) mass is 319 g/mol. The predicted octanol–water partition coefficient (Wildman–Crippen LogP) is 3.55. The molecule has 0 aliphatic rings. The number of halogens is 6. The van der Waals surface area contributed by atoms with E-state index in [9.17, 15) is 22.0 Å². The van der Waals surface area contributed by atoms with Crippen molar-refractivity contribution >= 4 is 11.6 Å². The predicted molar refractivity (Wildman–Crippen MR) is 62.5 cm³/mol. The Balaban J connectivity index is 3.35. The van der Waals surface area contributed by atoms with E-state index >= 15 is 0 Å². The summed E-state index contributed by atoms with van der Waals surface area (Å²) in [4.78, 5) is 0. The molecule has 3 nitrogen and oxygen atoms in total. The van der Waals surface area contributed by atoms with Gasteiger partial charge >= 0.3 is 12.1 Å². The Bertz CT molecular complexity index is 492. The molecular formula is C11H11ClF5NO2. The lowest BCUT2D eigenvalue weighted by Gasteiger charge is -2.27. The molecule has 0 amide bonds. The highest BCUT2D eigenvalue weighted by molar-refractivity contribution is 6.33. The van der Waals surface area contributed by atoms with Crippen LogP contribution >= 0.6 is 11.6 Å². The molecule has 0 bridgehead atoms. The van der Waals surface area contributed by atoms with Crippen molar-refractivity contribution in [1.29, 1.82) is 0 Å². The van der Waals surface area contributed by atoms with Gasteiger partial charge in [0.25, 0.3) is 0 Å². The molecule has 0 saturated heterocycles. The third kappa shape index (κ3) is 2.76. The highest BCUT2D eigenvalue weighted by Crippen LogP contribution is 2.47. The summed E-state index contributed by atoms with van der Waals surface area (Å²) in [6.07, 6.45) is -5.79. The molecule has 1 atom stereocenters. The largest absolute Gasteiger partial charge is 0.493 e. The van der Waals surface area contributed by atoms with Crippen LogP contribution in [0.4, 0.5) is 22.0 Å². The van der Waals surface area contributed by atoms with Crippen LogP contribution in [0.5, 0.6) is 11.5 Å². The van der Waals surface area contributed by atoms with Crippen LogP contribution in [-0.4, -0.2) is 26.3 Å². The van der Waals surface area contributed by atoms with E-state index < -0.39 is 28.7 Å². The fourth-order valence-corrected chi connectivity index (χ4v) is 1.87. The van der Waals surface area contributed by atoms with E-state index in [-0.39, 0.29) is 11.5 Å². The molecule has 20 heavy (non-hydrogen) atoms. The summed E-state index contributed by atoms with van der Waals surface area (Å²) in [5.74, 6) is -5.21. The quantitative estimate of drug-likeness (QED) is 0.863. The summed E-state index contributed by atoms with van der Waals surface area (Å²) < 4.78 is 73.0. The van der Waals surface area contributed by atoms with Gasteiger partial charge in [-0.2, -0.15) is 22.0 Å². The SMILES string of the molecule is COc1ccc([C@H](N)C(F)(F)C(F)(F)F)c(Cl)c1OC. The number of benzene rings is 1. The Morgan fingerprint density at radius 2 is 1.65 bits per heavy atom. The van der Waals surface area contributed by atoms with Gasteiger partial charge < -0.3 is 15.2 Å². The van der Waals surface area contributed by atoms with Crippen molar-refractivity contribution in [2.45, 2.75) is 18.1 Å². The Labute approximate surface area is 116 Å². The Morgan fingerprint density at radius 3 is 2.05 bits per heavy atom. The number of rotatable bonds is 4. The number of ether oxygens (including phenoxy) is 2. The zero-order valence-electron chi connectivity index (χ0n) is 10.4. The molecule has 0 aliphatic carbocycles. The van der Waals surface area contributed by atoms with Gasteiger partial charge in [0.15, 0.2) is 11.5 Å². The molecule has 114 valence electrons. The maximum atomic E-state index is 13.2. The maximum Gasteiger partial charge on any atom is 0.455 e. The second-order valence-electron chi connectivity index (χ2n) is 3.80. The first-order valence-electron chi connectivity index (χ1n) is 5.18. The van der Waals surface area contributed by atoms with Gasteiger partial charge in [-0.05, 0) is 11.6 Å². The highest BCUT2D eigenvalue weighted by Gasteiger charge is 2.62. The van der Waals surface area contributed by atoms with Crippen molar-refractivity contribution in [2.75, 3.05) is 14.2 Å². The summed E-state index contributed by atoms with van der Waals surface area (Å²) >= 11 is 5.76. The standard InChI is InChI=1S/C11H11ClF5NO2/c1-19-6-4-3-5(7(12)8(6)20-2)9(18)10(13,14)11(15,16)17/h3-4,9H,18H2,1-2H3/t9-/m0/s1. The van der Waals surface area contributed by atoms with Gasteiger partial charge in [-0.25, -0.2) is 0 Å². The zero-order valence-corrected chi connectivity index (χ0v) is 11.1. The summed E-state index contributed by atoms with van der Waals surface area (Å²) in [5.41, 5.74) is 4.43. The fraction of sp³-hybridized carbons (Fsp3) is 0.455. The molecule has 0 radical (unpaired) electrons. The van der Waals surface area contributed by atoms with Crippen LogP contribution in [0.3, 0.4) is 0 Å².